The number of hydrogen-bond donors (Lipinski definition) is 4. The lowest BCUT2D eigenvalue weighted by atomic mass is 9.91. The fourth-order valence-corrected chi connectivity index (χ4v) is 2.30. The minimum absolute atomic E-state index is 0.0543. The Morgan fingerprint density at radius 2 is 1.15 bits per heavy atom. The fourth-order valence-electron chi connectivity index (χ4n) is 2.30. The summed E-state index contributed by atoms with van der Waals surface area (Å²) in [5.74, 6) is -0.895. The van der Waals surface area contributed by atoms with Crippen LogP contribution >= 0.6 is 0 Å². The van der Waals surface area contributed by atoms with Gasteiger partial charge in [0, 0.05) is 11.1 Å². The van der Waals surface area contributed by atoms with Crippen molar-refractivity contribution in [2.24, 2.45) is 0 Å². The van der Waals surface area contributed by atoms with Crippen LogP contribution in [0.1, 0.15) is 22.3 Å². The highest BCUT2D eigenvalue weighted by molar-refractivity contribution is 5.87. The van der Waals surface area contributed by atoms with Crippen LogP contribution in [0.25, 0.3) is 11.1 Å². The molecule has 0 atom stereocenters. The lowest BCUT2D eigenvalue weighted by molar-refractivity contribution is 0.394. The van der Waals surface area contributed by atoms with Gasteiger partial charge in [-0.1, -0.05) is 6.07 Å². The standard InChI is InChI=1S/C16H18O4/c1-7-5-6-11(17)12(8(7)2)13-14(18)9(3)10(4)15(19)16(13)20/h5-6,17-20H,1-4H3. The molecule has 0 spiro atoms. The van der Waals surface area contributed by atoms with Gasteiger partial charge in [-0.25, -0.2) is 0 Å². The Kier molecular flexibility index (Phi) is 3.26. The molecule has 20 heavy (non-hydrogen) atoms. The quantitative estimate of drug-likeness (QED) is 0.474. The summed E-state index contributed by atoms with van der Waals surface area (Å²) >= 11 is 0. The van der Waals surface area contributed by atoms with E-state index in [0.29, 0.717) is 16.7 Å². The normalized spacial score (nSPS) is 10.8. The van der Waals surface area contributed by atoms with Gasteiger partial charge in [0.25, 0.3) is 0 Å². The van der Waals surface area contributed by atoms with Crippen LogP contribution < -0.4 is 0 Å². The first-order chi connectivity index (χ1) is 9.27. The number of phenols is 4. The summed E-state index contributed by atoms with van der Waals surface area (Å²) in [6.45, 7) is 6.91. The van der Waals surface area contributed by atoms with Crippen molar-refractivity contribution in [3.05, 3.63) is 34.4 Å². The largest absolute Gasteiger partial charge is 0.507 e. The molecule has 0 bridgehead atoms. The molecule has 0 unspecified atom stereocenters. The molecule has 0 amide bonds. The van der Waals surface area contributed by atoms with E-state index in [2.05, 4.69) is 0 Å². The van der Waals surface area contributed by atoms with Crippen molar-refractivity contribution in [3.63, 3.8) is 0 Å². The van der Waals surface area contributed by atoms with Crippen molar-refractivity contribution in [2.75, 3.05) is 0 Å². The average molecular weight is 274 g/mol. The summed E-state index contributed by atoms with van der Waals surface area (Å²) in [6, 6.07) is 3.26. The zero-order valence-electron chi connectivity index (χ0n) is 11.9. The lowest BCUT2D eigenvalue weighted by Gasteiger charge is -2.18. The number of aromatic hydroxyl groups is 4. The monoisotopic (exact) mass is 274 g/mol. The molecule has 0 saturated carbocycles. The SMILES string of the molecule is Cc1ccc(O)c(-c2c(O)c(C)c(C)c(O)c2O)c1C. The maximum Gasteiger partial charge on any atom is 0.169 e. The molecule has 0 aliphatic rings. The van der Waals surface area contributed by atoms with Gasteiger partial charge in [-0.15, -0.1) is 0 Å². The number of hydrogen-bond acceptors (Lipinski definition) is 4. The van der Waals surface area contributed by atoms with Gasteiger partial charge in [0.05, 0.1) is 5.56 Å². The number of aryl methyl sites for hydroxylation is 1. The van der Waals surface area contributed by atoms with E-state index in [0.717, 1.165) is 11.1 Å². The van der Waals surface area contributed by atoms with Crippen molar-refractivity contribution in [1.82, 2.24) is 0 Å². The summed E-state index contributed by atoms with van der Waals surface area (Å²) in [4.78, 5) is 0. The Morgan fingerprint density at radius 3 is 1.75 bits per heavy atom. The van der Waals surface area contributed by atoms with Gasteiger partial charge in [0.15, 0.2) is 11.5 Å². The van der Waals surface area contributed by atoms with Crippen molar-refractivity contribution < 1.29 is 20.4 Å². The van der Waals surface area contributed by atoms with E-state index >= 15 is 0 Å². The van der Waals surface area contributed by atoms with Crippen LogP contribution in [0, 0.1) is 27.7 Å². The van der Waals surface area contributed by atoms with E-state index in [1.165, 1.54) is 6.07 Å². The van der Waals surface area contributed by atoms with Gasteiger partial charge in [0.1, 0.15) is 11.5 Å². The first kappa shape index (κ1) is 14.1. The van der Waals surface area contributed by atoms with Crippen molar-refractivity contribution in [2.45, 2.75) is 27.7 Å². The molecular weight excluding hydrogens is 256 g/mol. The van der Waals surface area contributed by atoms with Crippen LogP contribution in [0.2, 0.25) is 0 Å². The molecule has 0 aliphatic carbocycles. The molecule has 0 aliphatic heterocycles. The third kappa shape index (κ3) is 1.84. The van der Waals surface area contributed by atoms with Gasteiger partial charge < -0.3 is 20.4 Å². The Hall–Kier alpha value is -2.36. The van der Waals surface area contributed by atoms with Gasteiger partial charge in [-0.05, 0) is 50.5 Å². The summed E-state index contributed by atoms with van der Waals surface area (Å²) in [5, 5.41) is 40.5. The molecule has 0 fully saturated rings. The lowest BCUT2D eigenvalue weighted by Crippen LogP contribution is -1.93. The van der Waals surface area contributed by atoms with E-state index < -0.39 is 5.75 Å². The molecule has 4 nitrogen and oxygen atoms in total. The van der Waals surface area contributed by atoms with Crippen molar-refractivity contribution in [3.8, 4) is 34.1 Å². The minimum Gasteiger partial charge on any atom is -0.507 e. The summed E-state index contributed by atoms with van der Waals surface area (Å²) in [5.41, 5.74) is 2.92. The van der Waals surface area contributed by atoms with Gasteiger partial charge in [-0.3, -0.25) is 0 Å². The highest BCUT2D eigenvalue weighted by atomic mass is 16.3. The maximum atomic E-state index is 10.3. The van der Waals surface area contributed by atoms with E-state index in [1.54, 1.807) is 26.8 Å². The number of benzene rings is 2. The smallest absolute Gasteiger partial charge is 0.169 e. The minimum atomic E-state index is -0.422. The molecule has 0 radical (unpaired) electrons. The highest BCUT2D eigenvalue weighted by Gasteiger charge is 2.23. The molecule has 2 rings (SSSR count). The third-order valence-corrected chi connectivity index (χ3v) is 3.93. The molecule has 0 aromatic heterocycles. The molecule has 0 saturated heterocycles. The Labute approximate surface area is 117 Å². The molecule has 4 heteroatoms. The van der Waals surface area contributed by atoms with Crippen LogP contribution in [-0.4, -0.2) is 20.4 Å². The van der Waals surface area contributed by atoms with E-state index in [9.17, 15) is 20.4 Å². The Morgan fingerprint density at radius 1 is 0.600 bits per heavy atom. The molecule has 2 aromatic carbocycles. The fraction of sp³-hybridized carbons (Fsp3) is 0.250. The molecule has 106 valence electrons. The molecule has 2 aromatic rings. The molecule has 4 N–H and O–H groups in total. The Bertz CT molecular complexity index is 673. The molecular formula is C16H18O4. The third-order valence-electron chi connectivity index (χ3n) is 3.93. The van der Waals surface area contributed by atoms with Crippen LogP contribution in [-0.2, 0) is 0 Å². The van der Waals surface area contributed by atoms with E-state index in [-0.39, 0.29) is 22.8 Å². The maximum absolute atomic E-state index is 10.3. The van der Waals surface area contributed by atoms with Gasteiger partial charge in [0.2, 0.25) is 0 Å². The number of rotatable bonds is 1. The second kappa shape index (κ2) is 4.63. The second-order valence-corrected chi connectivity index (χ2v) is 5.07. The van der Waals surface area contributed by atoms with Crippen LogP contribution in [0.4, 0.5) is 0 Å². The first-order valence-corrected chi connectivity index (χ1v) is 6.31. The van der Waals surface area contributed by atoms with Crippen molar-refractivity contribution >= 4 is 0 Å². The zero-order chi connectivity index (χ0) is 15.2. The Balaban J connectivity index is 2.95. The summed E-state index contributed by atoms with van der Waals surface area (Å²) < 4.78 is 0. The van der Waals surface area contributed by atoms with E-state index in [1.807, 2.05) is 6.92 Å². The summed E-state index contributed by atoms with van der Waals surface area (Å²) in [6.07, 6.45) is 0. The van der Waals surface area contributed by atoms with Gasteiger partial charge in [-0.2, -0.15) is 0 Å². The predicted molar refractivity (Wildman–Crippen MR) is 77.5 cm³/mol. The van der Waals surface area contributed by atoms with Gasteiger partial charge >= 0.3 is 0 Å². The van der Waals surface area contributed by atoms with Crippen LogP contribution in [0.15, 0.2) is 12.1 Å². The topological polar surface area (TPSA) is 80.9 Å². The van der Waals surface area contributed by atoms with Crippen LogP contribution in [0.3, 0.4) is 0 Å². The predicted octanol–water partition coefficient (Wildman–Crippen LogP) is 3.41. The number of phenolic OH excluding ortho intramolecular Hbond substituents is 4. The first-order valence-electron chi connectivity index (χ1n) is 6.31. The summed E-state index contributed by atoms with van der Waals surface area (Å²) in [7, 11) is 0. The van der Waals surface area contributed by atoms with Crippen LogP contribution in [0.5, 0.6) is 23.0 Å². The highest BCUT2D eigenvalue weighted by Crippen LogP contribution is 2.50. The van der Waals surface area contributed by atoms with E-state index in [4.69, 9.17) is 0 Å². The molecule has 0 heterocycles. The zero-order valence-corrected chi connectivity index (χ0v) is 11.9. The average Bonchev–Trinajstić information content (AvgIpc) is 2.42. The van der Waals surface area contributed by atoms with Crippen molar-refractivity contribution in [1.29, 1.82) is 0 Å². The second-order valence-electron chi connectivity index (χ2n) is 5.07.